The third-order valence-electron chi connectivity index (χ3n) is 1.76. The lowest BCUT2D eigenvalue weighted by Gasteiger charge is -2.12. The van der Waals surface area contributed by atoms with Crippen LogP contribution < -0.4 is 0 Å². The van der Waals surface area contributed by atoms with E-state index in [1.165, 1.54) is 0 Å². The fourth-order valence-electron chi connectivity index (χ4n) is 1.07. The first-order valence-electron chi connectivity index (χ1n) is 6.90. The summed E-state index contributed by atoms with van der Waals surface area (Å²) in [6, 6.07) is 0. The summed E-state index contributed by atoms with van der Waals surface area (Å²) in [6.45, 7) is 16.6. The highest BCUT2D eigenvalue weighted by Crippen LogP contribution is 1.94. The SMILES string of the molecule is C=CC(OCC)OCC.CCO[SiH](OCC)OCC. The molecule has 0 radical (unpaired) electrons. The summed E-state index contributed by atoms with van der Waals surface area (Å²) < 4.78 is 25.8. The Bertz CT molecular complexity index is 160. The van der Waals surface area contributed by atoms with Crippen LogP contribution in [0.25, 0.3) is 0 Å². The van der Waals surface area contributed by atoms with Crippen LogP contribution in [0.15, 0.2) is 12.7 Å². The van der Waals surface area contributed by atoms with Gasteiger partial charge in [0.25, 0.3) is 0 Å². The average molecular weight is 294 g/mol. The first-order chi connectivity index (χ1) is 9.19. The van der Waals surface area contributed by atoms with Gasteiger partial charge in [-0.2, -0.15) is 0 Å². The molecule has 116 valence electrons. The molecule has 6 heteroatoms. The quantitative estimate of drug-likeness (QED) is 0.333. The molecule has 19 heavy (non-hydrogen) atoms. The van der Waals surface area contributed by atoms with Gasteiger partial charge < -0.3 is 22.8 Å². The predicted octanol–water partition coefficient (Wildman–Crippen LogP) is 2.38. The second-order valence-electron chi connectivity index (χ2n) is 3.17. The fourth-order valence-corrected chi connectivity index (χ4v) is 2.17. The molecule has 0 rings (SSSR count). The summed E-state index contributed by atoms with van der Waals surface area (Å²) in [7, 11) is -1.73. The smallest absolute Gasteiger partial charge is 0.376 e. The van der Waals surface area contributed by atoms with Gasteiger partial charge in [0.15, 0.2) is 6.29 Å². The molecule has 0 saturated heterocycles. The maximum atomic E-state index is 5.22. The monoisotopic (exact) mass is 294 g/mol. The molecular formula is C13H30O5Si. The Morgan fingerprint density at radius 1 is 0.789 bits per heavy atom. The van der Waals surface area contributed by atoms with E-state index >= 15 is 0 Å². The van der Waals surface area contributed by atoms with Crippen molar-refractivity contribution in [3.05, 3.63) is 12.7 Å². The second kappa shape index (κ2) is 17.8. The van der Waals surface area contributed by atoms with Crippen LogP contribution in [-0.4, -0.2) is 48.9 Å². The molecule has 0 aromatic rings. The maximum absolute atomic E-state index is 5.22. The van der Waals surface area contributed by atoms with Crippen molar-refractivity contribution in [1.29, 1.82) is 0 Å². The Labute approximate surface area is 119 Å². The Hall–Kier alpha value is -0.243. The van der Waals surface area contributed by atoms with Gasteiger partial charge >= 0.3 is 9.53 Å². The summed E-state index contributed by atoms with van der Waals surface area (Å²) in [5, 5.41) is 0. The van der Waals surface area contributed by atoms with Crippen molar-refractivity contribution in [3.63, 3.8) is 0 Å². The minimum Gasteiger partial charge on any atom is -0.376 e. The number of rotatable bonds is 11. The molecule has 0 saturated carbocycles. The Morgan fingerprint density at radius 3 is 1.37 bits per heavy atom. The van der Waals surface area contributed by atoms with Gasteiger partial charge in [-0.3, -0.25) is 0 Å². The lowest BCUT2D eigenvalue weighted by molar-refractivity contribution is -0.103. The van der Waals surface area contributed by atoms with Crippen molar-refractivity contribution in [2.45, 2.75) is 40.9 Å². The van der Waals surface area contributed by atoms with E-state index in [9.17, 15) is 0 Å². The van der Waals surface area contributed by atoms with Gasteiger partial charge in [-0.05, 0) is 40.7 Å². The van der Waals surface area contributed by atoms with Gasteiger partial charge in [0.2, 0.25) is 0 Å². The Balaban J connectivity index is 0. The van der Waals surface area contributed by atoms with Crippen LogP contribution in [-0.2, 0) is 22.8 Å². The standard InChI is InChI=1S/C7H14O2.C6H16O3Si/c1-4-7(8-5-2)9-6-3;1-4-7-10(8-5-2)9-6-3/h4,7H,1,5-6H2,2-3H3;10H,4-6H2,1-3H3. The van der Waals surface area contributed by atoms with E-state index in [-0.39, 0.29) is 6.29 Å². The van der Waals surface area contributed by atoms with E-state index in [0.29, 0.717) is 33.0 Å². The van der Waals surface area contributed by atoms with Crippen molar-refractivity contribution in [1.82, 2.24) is 0 Å². The van der Waals surface area contributed by atoms with Gasteiger partial charge in [-0.1, -0.05) is 6.58 Å². The minimum atomic E-state index is -1.73. The van der Waals surface area contributed by atoms with Crippen molar-refractivity contribution >= 4 is 9.53 Å². The normalized spacial score (nSPS) is 10.5. The van der Waals surface area contributed by atoms with Crippen LogP contribution in [0.4, 0.5) is 0 Å². The molecule has 0 aromatic carbocycles. The maximum Gasteiger partial charge on any atom is 0.484 e. The Kier molecular flexibility index (Phi) is 19.7. The van der Waals surface area contributed by atoms with E-state index < -0.39 is 9.53 Å². The van der Waals surface area contributed by atoms with Crippen molar-refractivity contribution in [2.75, 3.05) is 33.0 Å². The first kappa shape index (κ1) is 21.1. The molecule has 0 aliphatic rings. The van der Waals surface area contributed by atoms with Crippen LogP contribution in [0.2, 0.25) is 0 Å². The highest BCUT2D eigenvalue weighted by molar-refractivity contribution is 6.36. The minimum absolute atomic E-state index is 0.222. The molecule has 5 nitrogen and oxygen atoms in total. The zero-order valence-electron chi connectivity index (χ0n) is 13.0. The van der Waals surface area contributed by atoms with Gasteiger partial charge in [0, 0.05) is 33.0 Å². The first-order valence-corrected chi connectivity index (χ1v) is 8.31. The molecule has 0 atom stereocenters. The molecule has 0 amide bonds. The fraction of sp³-hybridized carbons (Fsp3) is 0.846. The molecule has 0 aromatic heterocycles. The van der Waals surface area contributed by atoms with E-state index in [1.54, 1.807) is 6.08 Å². The van der Waals surface area contributed by atoms with E-state index in [2.05, 4.69) is 6.58 Å². The van der Waals surface area contributed by atoms with Crippen LogP contribution in [0.1, 0.15) is 34.6 Å². The zero-order valence-corrected chi connectivity index (χ0v) is 14.2. The third kappa shape index (κ3) is 15.7. The topological polar surface area (TPSA) is 46.2 Å². The van der Waals surface area contributed by atoms with Crippen LogP contribution in [0.5, 0.6) is 0 Å². The van der Waals surface area contributed by atoms with Crippen molar-refractivity contribution in [2.24, 2.45) is 0 Å². The molecule has 0 fully saturated rings. The predicted molar refractivity (Wildman–Crippen MR) is 79.3 cm³/mol. The van der Waals surface area contributed by atoms with Crippen LogP contribution >= 0.6 is 0 Å². The van der Waals surface area contributed by atoms with Crippen LogP contribution in [0.3, 0.4) is 0 Å². The molecular weight excluding hydrogens is 264 g/mol. The molecule has 0 heterocycles. The Morgan fingerprint density at radius 2 is 1.16 bits per heavy atom. The number of hydrogen-bond acceptors (Lipinski definition) is 5. The average Bonchev–Trinajstić information content (AvgIpc) is 2.40. The summed E-state index contributed by atoms with van der Waals surface area (Å²) in [5.41, 5.74) is 0. The zero-order chi connectivity index (χ0) is 14.9. The van der Waals surface area contributed by atoms with Gasteiger partial charge in [0.1, 0.15) is 0 Å². The molecule has 0 aliphatic carbocycles. The summed E-state index contributed by atoms with van der Waals surface area (Å²) in [5.74, 6) is 0. The number of hydrogen-bond donors (Lipinski definition) is 0. The van der Waals surface area contributed by atoms with Gasteiger partial charge in [-0.15, -0.1) is 0 Å². The van der Waals surface area contributed by atoms with Crippen molar-refractivity contribution < 1.29 is 22.8 Å². The molecule has 0 aliphatic heterocycles. The largest absolute Gasteiger partial charge is 0.484 e. The molecule has 0 bridgehead atoms. The summed E-state index contributed by atoms with van der Waals surface area (Å²) >= 11 is 0. The molecule has 0 spiro atoms. The third-order valence-corrected chi connectivity index (χ3v) is 3.58. The highest BCUT2D eigenvalue weighted by Gasteiger charge is 2.11. The molecule has 0 N–H and O–H groups in total. The lowest BCUT2D eigenvalue weighted by atomic mass is 10.6. The van der Waals surface area contributed by atoms with E-state index in [0.717, 1.165) is 0 Å². The lowest BCUT2D eigenvalue weighted by Crippen LogP contribution is -2.27. The van der Waals surface area contributed by atoms with Crippen LogP contribution in [0, 0.1) is 0 Å². The van der Waals surface area contributed by atoms with Crippen molar-refractivity contribution in [3.8, 4) is 0 Å². The highest BCUT2D eigenvalue weighted by atomic mass is 28.3. The number of ether oxygens (including phenoxy) is 2. The summed E-state index contributed by atoms with van der Waals surface area (Å²) in [4.78, 5) is 0. The van der Waals surface area contributed by atoms with Gasteiger partial charge in [-0.25, -0.2) is 0 Å². The van der Waals surface area contributed by atoms with E-state index in [1.807, 2.05) is 34.6 Å². The summed E-state index contributed by atoms with van der Waals surface area (Å²) in [6.07, 6.45) is 1.42. The van der Waals surface area contributed by atoms with E-state index in [4.69, 9.17) is 22.8 Å². The second-order valence-corrected chi connectivity index (χ2v) is 4.75. The molecule has 0 unspecified atom stereocenters. The van der Waals surface area contributed by atoms with Gasteiger partial charge in [0.05, 0.1) is 0 Å².